The second-order valence-electron chi connectivity index (χ2n) is 6.26. The standard InChI is InChI=1S/C20H17F3N2O2S/c1-12(2)27-16-5-3-4-13(10-16)19-25-17(11-28-19)18(26)24-15-8-6-14(7-9-15)20(21,22)23/h3-12H,1-2H3,(H,24,26). The predicted octanol–water partition coefficient (Wildman–Crippen LogP) is 5.87. The van der Waals surface area contributed by atoms with Gasteiger partial charge in [-0.3, -0.25) is 4.79 Å². The van der Waals surface area contributed by atoms with Crippen molar-refractivity contribution in [3.8, 4) is 16.3 Å². The molecule has 0 atom stereocenters. The minimum Gasteiger partial charge on any atom is -0.491 e. The van der Waals surface area contributed by atoms with Crippen LogP contribution in [0.25, 0.3) is 10.6 Å². The van der Waals surface area contributed by atoms with E-state index in [1.54, 1.807) is 5.38 Å². The Kier molecular flexibility index (Phi) is 5.69. The van der Waals surface area contributed by atoms with Gasteiger partial charge in [-0.05, 0) is 50.2 Å². The third kappa shape index (κ3) is 4.89. The molecule has 0 aliphatic rings. The second kappa shape index (κ2) is 8.02. The first kappa shape index (κ1) is 19.9. The van der Waals surface area contributed by atoms with Crippen molar-refractivity contribution in [2.75, 3.05) is 5.32 Å². The highest BCUT2D eigenvalue weighted by atomic mass is 32.1. The Morgan fingerprint density at radius 2 is 1.86 bits per heavy atom. The van der Waals surface area contributed by atoms with Crippen molar-refractivity contribution in [2.45, 2.75) is 26.1 Å². The highest BCUT2D eigenvalue weighted by Gasteiger charge is 2.30. The number of anilines is 1. The van der Waals surface area contributed by atoms with Crippen LogP contribution in [0.15, 0.2) is 53.9 Å². The van der Waals surface area contributed by atoms with Crippen molar-refractivity contribution in [3.05, 3.63) is 65.2 Å². The fourth-order valence-corrected chi connectivity index (χ4v) is 3.22. The lowest BCUT2D eigenvalue weighted by Gasteiger charge is -2.10. The van der Waals surface area contributed by atoms with E-state index in [1.807, 2.05) is 38.1 Å². The van der Waals surface area contributed by atoms with Gasteiger partial charge in [0.25, 0.3) is 5.91 Å². The van der Waals surface area contributed by atoms with Crippen LogP contribution in [0, 0.1) is 0 Å². The predicted molar refractivity (Wildman–Crippen MR) is 103 cm³/mol. The summed E-state index contributed by atoms with van der Waals surface area (Å²) >= 11 is 1.30. The molecular weight excluding hydrogens is 389 g/mol. The average molecular weight is 406 g/mol. The summed E-state index contributed by atoms with van der Waals surface area (Å²) < 4.78 is 43.5. The SMILES string of the molecule is CC(C)Oc1cccc(-c2nc(C(=O)Nc3ccc(C(F)(F)F)cc3)cs2)c1. The Bertz CT molecular complexity index is 966. The van der Waals surface area contributed by atoms with E-state index in [9.17, 15) is 18.0 Å². The smallest absolute Gasteiger partial charge is 0.416 e. The molecule has 4 nitrogen and oxygen atoms in total. The Morgan fingerprint density at radius 3 is 2.50 bits per heavy atom. The average Bonchev–Trinajstić information content (AvgIpc) is 3.11. The zero-order valence-electron chi connectivity index (χ0n) is 15.1. The summed E-state index contributed by atoms with van der Waals surface area (Å²) in [4.78, 5) is 16.7. The molecule has 1 amide bonds. The highest BCUT2D eigenvalue weighted by molar-refractivity contribution is 7.13. The van der Waals surface area contributed by atoms with Gasteiger partial charge in [-0.2, -0.15) is 13.2 Å². The van der Waals surface area contributed by atoms with E-state index in [1.165, 1.54) is 23.5 Å². The van der Waals surface area contributed by atoms with Gasteiger partial charge in [0.05, 0.1) is 11.7 Å². The van der Waals surface area contributed by atoms with Gasteiger partial charge in [-0.25, -0.2) is 4.98 Å². The first-order chi connectivity index (χ1) is 13.2. The van der Waals surface area contributed by atoms with Gasteiger partial charge < -0.3 is 10.1 Å². The van der Waals surface area contributed by atoms with E-state index in [4.69, 9.17) is 4.74 Å². The molecule has 146 valence electrons. The first-order valence-corrected chi connectivity index (χ1v) is 9.31. The van der Waals surface area contributed by atoms with Crippen LogP contribution in [-0.2, 0) is 6.18 Å². The molecule has 0 bridgehead atoms. The van der Waals surface area contributed by atoms with Crippen LogP contribution in [0.1, 0.15) is 29.9 Å². The summed E-state index contributed by atoms with van der Waals surface area (Å²) in [6.07, 6.45) is -4.38. The monoisotopic (exact) mass is 406 g/mol. The summed E-state index contributed by atoms with van der Waals surface area (Å²) in [5.74, 6) is 0.218. The number of nitrogens with zero attached hydrogens (tertiary/aromatic N) is 1. The zero-order valence-corrected chi connectivity index (χ0v) is 15.9. The molecule has 1 aromatic heterocycles. The third-order valence-electron chi connectivity index (χ3n) is 3.66. The molecule has 0 fully saturated rings. The van der Waals surface area contributed by atoms with Crippen molar-refractivity contribution < 1.29 is 22.7 Å². The van der Waals surface area contributed by atoms with E-state index in [-0.39, 0.29) is 17.5 Å². The lowest BCUT2D eigenvalue weighted by atomic mass is 10.2. The number of carbonyl (C=O) groups is 1. The Morgan fingerprint density at radius 1 is 1.14 bits per heavy atom. The number of amides is 1. The molecule has 0 unspecified atom stereocenters. The third-order valence-corrected chi connectivity index (χ3v) is 4.55. The number of thiazole rings is 1. The largest absolute Gasteiger partial charge is 0.491 e. The first-order valence-electron chi connectivity index (χ1n) is 8.43. The molecular formula is C20H17F3N2O2S. The van der Waals surface area contributed by atoms with Gasteiger partial charge in [-0.1, -0.05) is 12.1 Å². The summed E-state index contributed by atoms with van der Waals surface area (Å²) in [5.41, 5.74) is 0.497. The minimum absolute atomic E-state index is 0.0385. The fraction of sp³-hybridized carbons (Fsp3) is 0.200. The molecule has 0 saturated carbocycles. The Labute approximate surface area is 164 Å². The molecule has 1 N–H and O–H groups in total. The number of nitrogens with one attached hydrogen (secondary N) is 1. The molecule has 0 aliphatic heterocycles. The van der Waals surface area contributed by atoms with E-state index in [2.05, 4.69) is 10.3 Å². The summed E-state index contributed by atoms with van der Waals surface area (Å²) in [5, 5.41) is 4.80. The number of benzene rings is 2. The van der Waals surface area contributed by atoms with Gasteiger partial charge in [0.1, 0.15) is 16.5 Å². The molecule has 1 heterocycles. The van der Waals surface area contributed by atoms with Crippen LogP contribution in [0.3, 0.4) is 0 Å². The van der Waals surface area contributed by atoms with Gasteiger partial charge >= 0.3 is 6.18 Å². The summed E-state index contributed by atoms with van der Waals surface area (Å²) in [6, 6.07) is 11.7. The van der Waals surface area contributed by atoms with Crippen molar-refractivity contribution in [3.63, 3.8) is 0 Å². The second-order valence-corrected chi connectivity index (χ2v) is 7.12. The number of alkyl halides is 3. The minimum atomic E-state index is -4.42. The quantitative estimate of drug-likeness (QED) is 0.577. The van der Waals surface area contributed by atoms with Gasteiger partial charge in [0, 0.05) is 16.6 Å². The molecule has 0 saturated heterocycles. The van der Waals surface area contributed by atoms with Crippen LogP contribution in [0.2, 0.25) is 0 Å². The maximum Gasteiger partial charge on any atom is 0.416 e. The van der Waals surface area contributed by atoms with Crippen molar-refractivity contribution in [1.29, 1.82) is 0 Å². The number of ether oxygens (including phenoxy) is 1. The van der Waals surface area contributed by atoms with Gasteiger partial charge in [0.15, 0.2) is 0 Å². The van der Waals surface area contributed by atoms with Crippen LogP contribution >= 0.6 is 11.3 Å². The lowest BCUT2D eigenvalue weighted by molar-refractivity contribution is -0.137. The maximum atomic E-state index is 12.6. The number of hydrogen-bond donors (Lipinski definition) is 1. The van der Waals surface area contributed by atoms with E-state index in [0.29, 0.717) is 10.8 Å². The molecule has 0 radical (unpaired) electrons. The lowest BCUT2D eigenvalue weighted by Crippen LogP contribution is -2.12. The number of halogens is 3. The van der Waals surface area contributed by atoms with Crippen molar-refractivity contribution >= 4 is 22.9 Å². The molecule has 2 aromatic carbocycles. The van der Waals surface area contributed by atoms with Crippen LogP contribution in [0.5, 0.6) is 5.75 Å². The fourth-order valence-electron chi connectivity index (χ4n) is 2.42. The molecule has 3 aromatic rings. The topological polar surface area (TPSA) is 51.2 Å². The van der Waals surface area contributed by atoms with Crippen molar-refractivity contribution in [1.82, 2.24) is 4.98 Å². The highest BCUT2D eigenvalue weighted by Crippen LogP contribution is 2.30. The zero-order chi connectivity index (χ0) is 20.3. The molecule has 0 aliphatic carbocycles. The van der Waals surface area contributed by atoms with Crippen LogP contribution < -0.4 is 10.1 Å². The van der Waals surface area contributed by atoms with E-state index in [0.717, 1.165) is 17.7 Å². The van der Waals surface area contributed by atoms with Crippen molar-refractivity contribution in [2.24, 2.45) is 0 Å². The Balaban J connectivity index is 1.72. The normalized spacial score (nSPS) is 11.5. The van der Waals surface area contributed by atoms with E-state index >= 15 is 0 Å². The molecule has 0 spiro atoms. The number of aromatic nitrogens is 1. The maximum absolute atomic E-state index is 12.6. The molecule has 28 heavy (non-hydrogen) atoms. The van der Waals surface area contributed by atoms with Gasteiger partial charge in [-0.15, -0.1) is 11.3 Å². The van der Waals surface area contributed by atoms with Crippen LogP contribution in [0.4, 0.5) is 18.9 Å². The summed E-state index contributed by atoms with van der Waals surface area (Å²) in [7, 11) is 0. The van der Waals surface area contributed by atoms with E-state index < -0.39 is 17.6 Å². The number of rotatable bonds is 5. The Hall–Kier alpha value is -2.87. The molecule has 8 heteroatoms. The van der Waals surface area contributed by atoms with Gasteiger partial charge in [0.2, 0.25) is 0 Å². The number of carbonyl (C=O) groups excluding carboxylic acids is 1. The van der Waals surface area contributed by atoms with Crippen LogP contribution in [-0.4, -0.2) is 17.0 Å². The number of hydrogen-bond acceptors (Lipinski definition) is 4. The molecule has 3 rings (SSSR count). The summed E-state index contributed by atoms with van der Waals surface area (Å²) in [6.45, 7) is 3.86.